The van der Waals surface area contributed by atoms with Gasteiger partial charge in [-0.1, -0.05) is 26.3 Å². The second-order valence-electron chi connectivity index (χ2n) is 4.61. The van der Waals surface area contributed by atoms with Gasteiger partial charge in [0.1, 0.15) is 4.75 Å². The first-order valence-corrected chi connectivity index (χ1v) is 5.41. The largest absolute Gasteiger partial charge is 0.197 e. The number of hydrogen-bond donors (Lipinski definition) is 0. The first kappa shape index (κ1) is 11.1. The Morgan fingerprint density at radius 3 is 2.29 bits per heavy atom. The van der Waals surface area contributed by atoms with Crippen LogP contribution < -0.4 is 0 Å². The van der Waals surface area contributed by atoms with Crippen molar-refractivity contribution in [3.8, 4) is 12.1 Å². The van der Waals surface area contributed by atoms with Gasteiger partial charge in [0.2, 0.25) is 0 Å². The molecule has 1 aliphatic rings. The Labute approximate surface area is 89.6 Å². The lowest BCUT2D eigenvalue weighted by Crippen LogP contribution is -2.37. The fourth-order valence-corrected chi connectivity index (χ4v) is 3.37. The Balaban J connectivity index is 2.65. The minimum absolute atomic E-state index is 0.105. The zero-order chi connectivity index (χ0) is 10.8. The van der Waals surface area contributed by atoms with E-state index < -0.39 is 0 Å². The van der Waals surface area contributed by atoms with E-state index in [4.69, 9.17) is 10.5 Å². The van der Waals surface area contributed by atoms with Crippen LogP contribution in [-0.4, -0.2) is 9.49 Å². The summed E-state index contributed by atoms with van der Waals surface area (Å²) in [6.07, 6.45) is 3.07. The van der Waals surface area contributed by atoms with E-state index in [-0.39, 0.29) is 9.49 Å². The molecule has 0 aromatic carbocycles. The van der Waals surface area contributed by atoms with Crippen LogP contribution in [-0.2, 0) is 0 Å². The summed E-state index contributed by atoms with van der Waals surface area (Å²) < 4.78 is -0.172. The molecule has 3 heteroatoms. The molecule has 0 bridgehead atoms. The molecule has 0 atom stereocenters. The van der Waals surface area contributed by atoms with Crippen LogP contribution in [0.3, 0.4) is 0 Å². The number of nitrogens with zero attached hydrogens (tertiary/aromatic N) is 2. The maximum Gasteiger partial charge on any atom is 0.110 e. The molecule has 0 saturated heterocycles. The maximum atomic E-state index is 9.10. The molecule has 0 aliphatic heterocycles. The highest BCUT2D eigenvalue weighted by atomic mass is 32.2. The Hall–Kier alpha value is -0.930. The number of hydrogen-bond acceptors (Lipinski definition) is 3. The average Bonchev–Trinajstić information content (AvgIpc) is 1.98. The molecule has 0 amide bonds. The summed E-state index contributed by atoms with van der Waals surface area (Å²) in [6.45, 7) is 6.34. The predicted octanol–water partition coefficient (Wildman–Crippen LogP) is 3.02. The van der Waals surface area contributed by atoms with Gasteiger partial charge in [-0.2, -0.15) is 10.5 Å². The van der Waals surface area contributed by atoms with Gasteiger partial charge in [0.25, 0.3) is 0 Å². The molecule has 1 rings (SSSR count). The quantitative estimate of drug-likeness (QED) is 0.619. The minimum Gasteiger partial charge on any atom is -0.197 e. The second kappa shape index (κ2) is 3.67. The molecule has 1 fully saturated rings. The third kappa shape index (κ3) is 2.53. The minimum atomic E-state index is -0.277. The Kier molecular flexibility index (Phi) is 2.92. The van der Waals surface area contributed by atoms with Crippen LogP contribution in [0.4, 0.5) is 0 Å². The van der Waals surface area contributed by atoms with Gasteiger partial charge in [-0.05, 0) is 12.8 Å². The molecule has 0 aromatic rings. The van der Waals surface area contributed by atoms with Crippen molar-refractivity contribution < 1.29 is 0 Å². The van der Waals surface area contributed by atoms with Gasteiger partial charge in [-0.15, -0.1) is 11.8 Å². The van der Waals surface area contributed by atoms with Crippen LogP contribution >= 0.6 is 11.8 Å². The number of nitriles is 2. The van der Waals surface area contributed by atoms with E-state index in [0.717, 1.165) is 18.4 Å². The summed E-state index contributed by atoms with van der Waals surface area (Å²) in [6, 6.07) is 4.39. The summed E-state index contributed by atoms with van der Waals surface area (Å²) in [5, 5.41) is 17.6. The van der Waals surface area contributed by atoms with Crippen LogP contribution in [0.15, 0.2) is 11.6 Å². The molecule has 0 heterocycles. The van der Waals surface area contributed by atoms with E-state index in [1.165, 1.54) is 0 Å². The van der Waals surface area contributed by atoms with E-state index in [9.17, 15) is 0 Å². The van der Waals surface area contributed by atoms with Gasteiger partial charge in [-0.3, -0.25) is 0 Å². The summed E-state index contributed by atoms with van der Waals surface area (Å²) >= 11 is 1.71. The topological polar surface area (TPSA) is 47.6 Å². The lowest BCUT2D eigenvalue weighted by atomic mass is 9.80. The Morgan fingerprint density at radius 1 is 1.36 bits per heavy atom. The number of allylic oxidation sites excluding steroid dienone is 2. The fourth-order valence-electron chi connectivity index (χ4n) is 1.64. The van der Waals surface area contributed by atoms with Crippen molar-refractivity contribution in [3.63, 3.8) is 0 Å². The standard InChI is InChI=1S/C11H14N2S/c1-10(2,3)14-11(8-13)6-9(7-11)4-5-12/h4H,6-7H2,1-3H3. The van der Waals surface area contributed by atoms with Crippen LogP contribution in [0.5, 0.6) is 0 Å². The van der Waals surface area contributed by atoms with Crippen LogP contribution in [0.2, 0.25) is 0 Å². The predicted molar refractivity (Wildman–Crippen MR) is 58.6 cm³/mol. The normalized spacial score (nSPS) is 25.9. The molecule has 0 aromatic heterocycles. The van der Waals surface area contributed by atoms with Gasteiger partial charge in [-0.25, -0.2) is 0 Å². The fraction of sp³-hybridized carbons (Fsp3) is 0.636. The molecule has 0 spiro atoms. The van der Waals surface area contributed by atoms with Crippen molar-refractivity contribution in [1.29, 1.82) is 10.5 Å². The molecule has 74 valence electrons. The van der Waals surface area contributed by atoms with Crippen LogP contribution in [0.1, 0.15) is 33.6 Å². The number of rotatable bonds is 1. The van der Waals surface area contributed by atoms with Crippen molar-refractivity contribution in [2.45, 2.75) is 43.1 Å². The molecule has 1 saturated carbocycles. The summed E-state index contributed by atoms with van der Waals surface area (Å²) in [7, 11) is 0. The molecule has 2 nitrogen and oxygen atoms in total. The average molecular weight is 206 g/mol. The second-order valence-corrected chi connectivity index (χ2v) is 6.82. The first-order valence-electron chi connectivity index (χ1n) is 4.60. The summed E-state index contributed by atoms with van der Waals surface area (Å²) in [4.78, 5) is 0. The molecule has 1 aliphatic carbocycles. The monoisotopic (exact) mass is 206 g/mol. The zero-order valence-corrected chi connectivity index (χ0v) is 9.61. The molecule has 0 radical (unpaired) electrons. The lowest BCUT2D eigenvalue weighted by Gasteiger charge is -2.41. The van der Waals surface area contributed by atoms with Gasteiger partial charge in [0.05, 0.1) is 12.1 Å². The van der Waals surface area contributed by atoms with Gasteiger partial charge in [0, 0.05) is 10.8 Å². The van der Waals surface area contributed by atoms with E-state index in [0.29, 0.717) is 0 Å². The van der Waals surface area contributed by atoms with Crippen molar-refractivity contribution >= 4 is 11.8 Å². The van der Waals surface area contributed by atoms with E-state index in [1.54, 1.807) is 17.8 Å². The number of thioether (sulfide) groups is 1. The molecular formula is C11H14N2S. The third-order valence-electron chi connectivity index (χ3n) is 2.00. The highest BCUT2D eigenvalue weighted by molar-refractivity contribution is 8.02. The lowest BCUT2D eigenvalue weighted by molar-refractivity contribution is 0.567. The highest BCUT2D eigenvalue weighted by Crippen LogP contribution is 2.51. The van der Waals surface area contributed by atoms with Crippen LogP contribution in [0, 0.1) is 22.7 Å². The van der Waals surface area contributed by atoms with E-state index >= 15 is 0 Å². The summed E-state index contributed by atoms with van der Waals surface area (Å²) in [5.74, 6) is 0. The maximum absolute atomic E-state index is 9.10. The van der Waals surface area contributed by atoms with Gasteiger partial charge >= 0.3 is 0 Å². The molecular weight excluding hydrogens is 192 g/mol. The highest BCUT2D eigenvalue weighted by Gasteiger charge is 2.44. The first-order chi connectivity index (χ1) is 6.41. The van der Waals surface area contributed by atoms with E-state index in [1.807, 2.05) is 6.07 Å². The van der Waals surface area contributed by atoms with Gasteiger partial charge < -0.3 is 0 Å². The molecule has 0 N–H and O–H groups in total. The SMILES string of the molecule is CC(C)(C)SC1(C#N)CC(=CC#N)C1. The third-order valence-corrected chi connectivity index (χ3v) is 3.38. The Morgan fingerprint density at radius 2 is 1.93 bits per heavy atom. The van der Waals surface area contributed by atoms with Gasteiger partial charge in [0.15, 0.2) is 0 Å². The van der Waals surface area contributed by atoms with Crippen molar-refractivity contribution in [1.82, 2.24) is 0 Å². The van der Waals surface area contributed by atoms with E-state index in [2.05, 4.69) is 26.8 Å². The smallest absolute Gasteiger partial charge is 0.110 e. The molecule has 14 heavy (non-hydrogen) atoms. The molecule has 0 unspecified atom stereocenters. The summed E-state index contributed by atoms with van der Waals surface area (Å²) in [5.41, 5.74) is 1.10. The Bertz CT molecular complexity index is 328. The zero-order valence-electron chi connectivity index (χ0n) is 8.79. The van der Waals surface area contributed by atoms with Crippen molar-refractivity contribution in [2.75, 3.05) is 0 Å². The van der Waals surface area contributed by atoms with Crippen molar-refractivity contribution in [3.05, 3.63) is 11.6 Å². The van der Waals surface area contributed by atoms with Crippen LogP contribution in [0.25, 0.3) is 0 Å². The van der Waals surface area contributed by atoms with Crippen molar-refractivity contribution in [2.24, 2.45) is 0 Å².